The van der Waals surface area contributed by atoms with E-state index in [0.29, 0.717) is 12.3 Å². The van der Waals surface area contributed by atoms with Gasteiger partial charge in [-0.15, -0.1) is 0 Å². The molecule has 194 valence electrons. The van der Waals surface area contributed by atoms with Gasteiger partial charge in [0.05, 0.1) is 0 Å². The average Bonchev–Trinajstić information content (AvgIpc) is 3.28. The zero-order chi connectivity index (χ0) is 25.5. The maximum absolute atomic E-state index is 12.2. The first-order chi connectivity index (χ1) is 16.6. The molecule has 0 amide bonds. The van der Waals surface area contributed by atoms with Gasteiger partial charge in [-0.1, -0.05) is 0 Å². The zero-order valence-corrected chi connectivity index (χ0v) is 22.8. The number of aromatic amines is 1. The van der Waals surface area contributed by atoms with Gasteiger partial charge in [0.2, 0.25) is 0 Å². The summed E-state index contributed by atoms with van der Waals surface area (Å²) in [5.74, 6) is 0.414. The van der Waals surface area contributed by atoms with E-state index in [-0.39, 0.29) is 29.0 Å². The van der Waals surface area contributed by atoms with E-state index in [1.165, 1.54) is 28.6 Å². The van der Waals surface area contributed by atoms with Crippen LogP contribution in [-0.2, 0) is 20.4 Å². The molecular weight excluding hydrogens is 509 g/mol. The van der Waals surface area contributed by atoms with E-state index in [1.54, 1.807) is 11.8 Å². The standard InChI is InChI=1S/C23H34N3O6PS2/c1-23(2,3)21(28)34-14-13-31-33(30,24-15-17-7-5-4-6-8-17)32-16-18-9-10-20(35-18)26-12-11-19(27)25-22(26)29/h4-8,11-12,18,20,24,30,33H,9-10,13-16H2,1-3H3,(H,25,27,29). The van der Waals surface area contributed by atoms with Crippen molar-refractivity contribution in [1.82, 2.24) is 14.6 Å². The Morgan fingerprint density at radius 1 is 1.23 bits per heavy atom. The molecule has 2 atom stereocenters. The third-order valence-corrected chi connectivity index (χ3v) is 9.85. The molecule has 1 aromatic heterocycles. The van der Waals surface area contributed by atoms with Crippen LogP contribution >= 0.6 is 31.6 Å². The molecule has 3 N–H and O–H groups in total. The summed E-state index contributed by atoms with van der Waals surface area (Å²) < 4.78 is 13.3. The van der Waals surface area contributed by atoms with Crippen molar-refractivity contribution in [2.24, 2.45) is 5.41 Å². The van der Waals surface area contributed by atoms with Crippen LogP contribution in [0.25, 0.3) is 0 Å². The number of nitrogens with zero attached hydrogens (tertiary/aromatic N) is 1. The molecule has 1 aromatic carbocycles. The van der Waals surface area contributed by atoms with E-state index in [4.69, 9.17) is 9.05 Å². The SMILES string of the molecule is CC(C)(C)C(=O)SCCO[PH](O)(NCc1ccccc1)OCC1CCC(n2ccc(=O)[nH]c2=O)S1. The molecule has 2 unspecified atom stereocenters. The van der Waals surface area contributed by atoms with Gasteiger partial charge in [0, 0.05) is 0 Å². The minimum absolute atomic E-state index is 0.0526. The molecule has 1 aliphatic rings. The topological polar surface area (TPSA) is 123 Å². The van der Waals surface area contributed by atoms with Crippen LogP contribution in [0.5, 0.6) is 0 Å². The number of hydrogen-bond donors (Lipinski definition) is 3. The molecule has 35 heavy (non-hydrogen) atoms. The molecule has 0 aliphatic carbocycles. The van der Waals surface area contributed by atoms with Crippen molar-refractivity contribution in [3.63, 3.8) is 0 Å². The molecule has 1 aliphatic heterocycles. The van der Waals surface area contributed by atoms with Crippen LogP contribution < -0.4 is 16.3 Å². The minimum atomic E-state index is -3.74. The first kappa shape index (κ1) is 28.1. The molecule has 2 heterocycles. The van der Waals surface area contributed by atoms with Gasteiger partial charge in [-0.3, -0.25) is 0 Å². The molecule has 0 saturated carbocycles. The van der Waals surface area contributed by atoms with Crippen LogP contribution in [0.2, 0.25) is 0 Å². The Kier molecular flexibility index (Phi) is 10.2. The number of H-pyrrole nitrogens is 1. The molecule has 1 fully saturated rings. The van der Waals surface area contributed by atoms with E-state index in [9.17, 15) is 19.3 Å². The second-order valence-corrected chi connectivity index (χ2v) is 13.9. The van der Waals surface area contributed by atoms with Crippen LogP contribution in [0, 0.1) is 5.41 Å². The van der Waals surface area contributed by atoms with E-state index in [0.717, 1.165) is 18.4 Å². The predicted octanol–water partition coefficient (Wildman–Crippen LogP) is 3.46. The quantitative estimate of drug-likeness (QED) is 0.289. The van der Waals surface area contributed by atoms with Gasteiger partial charge in [0.15, 0.2) is 0 Å². The summed E-state index contributed by atoms with van der Waals surface area (Å²) in [5.41, 5.74) is -0.313. The van der Waals surface area contributed by atoms with Crippen LogP contribution in [-0.4, -0.2) is 43.8 Å². The summed E-state index contributed by atoms with van der Waals surface area (Å²) >= 11 is 2.75. The number of carbonyl (C=O) groups excluding carboxylic acids is 1. The number of nitrogens with one attached hydrogen (secondary N) is 2. The van der Waals surface area contributed by atoms with Gasteiger partial charge in [0.1, 0.15) is 0 Å². The van der Waals surface area contributed by atoms with Crippen molar-refractivity contribution < 1.29 is 18.7 Å². The number of thioether (sulfide) groups is 2. The predicted molar refractivity (Wildman–Crippen MR) is 144 cm³/mol. The van der Waals surface area contributed by atoms with Gasteiger partial charge >= 0.3 is 214 Å². The third kappa shape index (κ3) is 8.86. The van der Waals surface area contributed by atoms with Crippen LogP contribution in [0.15, 0.2) is 52.2 Å². The molecule has 0 spiro atoms. The van der Waals surface area contributed by atoms with Crippen LogP contribution in [0.3, 0.4) is 0 Å². The van der Waals surface area contributed by atoms with Gasteiger partial charge in [-0.2, -0.15) is 0 Å². The molecule has 3 rings (SSSR count). The van der Waals surface area contributed by atoms with Crippen molar-refractivity contribution >= 4 is 36.7 Å². The summed E-state index contributed by atoms with van der Waals surface area (Å²) in [4.78, 5) is 49.1. The number of benzene rings is 1. The van der Waals surface area contributed by atoms with E-state index >= 15 is 0 Å². The third-order valence-electron chi connectivity index (χ3n) is 5.30. The fourth-order valence-corrected chi connectivity index (χ4v) is 7.37. The van der Waals surface area contributed by atoms with Crippen molar-refractivity contribution in [2.75, 3.05) is 19.0 Å². The Bertz CT molecular complexity index is 1090. The second-order valence-electron chi connectivity index (χ2n) is 9.27. The average molecular weight is 544 g/mol. The van der Waals surface area contributed by atoms with Crippen LogP contribution in [0.4, 0.5) is 0 Å². The Morgan fingerprint density at radius 2 is 1.97 bits per heavy atom. The van der Waals surface area contributed by atoms with Gasteiger partial charge in [-0.05, 0) is 0 Å². The Labute approximate surface area is 214 Å². The van der Waals surface area contributed by atoms with Crippen molar-refractivity contribution in [1.29, 1.82) is 0 Å². The van der Waals surface area contributed by atoms with Gasteiger partial charge in [0.25, 0.3) is 0 Å². The van der Waals surface area contributed by atoms with E-state index in [1.807, 2.05) is 51.1 Å². The molecule has 12 heteroatoms. The van der Waals surface area contributed by atoms with Crippen molar-refractivity contribution in [3.8, 4) is 0 Å². The molecule has 0 bridgehead atoms. The summed E-state index contributed by atoms with van der Waals surface area (Å²) in [6, 6.07) is 11.0. The number of aromatic nitrogens is 2. The van der Waals surface area contributed by atoms with E-state index < -0.39 is 24.8 Å². The van der Waals surface area contributed by atoms with Crippen molar-refractivity contribution in [2.45, 2.75) is 50.8 Å². The first-order valence-electron chi connectivity index (χ1n) is 11.5. The Balaban J connectivity index is 1.56. The Hall–Kier alpha value is -1.46. The Morgan fingerprint density at radius 3 is 2.66 bits per heavy atom. The summed E-state index contributed by atoms with van der Waals surface area (Å²) in [6.45, 7) is 6.40. The maximum atomic E-state index is 12.2. The molecular formula is C23H34N3O6PS2. The van der Waals surface area contributed by atoms with E-state index in [2.05, 4.69) is 10.1 Å². The van der Waals surface area contributed by atoms with Gasteiger partial charge in [-0.25, -0.2) is 0 Å². The second kappa shape index (κ2) is 12.7. The number of hydrogen-bond acceptors (Lipinski definition) is 9. The summed E-state index contributed by atoms with van der Waals surface area (Å²) in [5, 5.41) is 3.07. The summed E-state index contributed by atoms with van der Waals surface area (Å²) in [7, 11) is -3.74. The van der Waals surface area contributed by atoms with Gasteiger partial charge < -0.3 is 0 Å². The first-order valence-corrected chi connectivity index (χ1v) is 15.2. The van der Waals surface area contributed by atoms with Crippen LogP contribution in [0.1, 0.15) is 44.6 Å². The molecule has 2 aromatic rings. The fraction of sp³-hybridized carbons (Fsp3) is 0.522. The normalized spacial score (nSPS) is 19.1. The summed E-state index contributed by atoms with van der Waals surface area (Å²) in [6.07, 6.45) is 3.04. The molecule has 0 radical (unpaired) electrons. The number of rotatable bonds is 11. The fourth-order valence-electron chi connectivity index (χ4n) is 3.36. The monoisotopic (exact) mass is 543 g/mol. The molecule has 9 nitrogen and oxygen atoms in total. The number of carbonyl (C=O) groups is 1. The zero-order valence-electron chi connectivity index (χ0n) is 20.2. The molecule has 1 saturated heterocycles. The van der Waals surface area contributed by atoms with Crippen molar-refractivity contribution in [3.05, 3.63) is 69.0 Å².